The first-order chi connectivity index (χ1) is 8.23. The highest BCUT2D eigenvalue weighted by molar-refractivity contribution is 9.10. The summed E-state index contributed by atoms with van der Waals surface area (Å²) >= 11 is 3.26. The van der Waals surface area contributed by atoms with Crippen LogP contribution in [0.2, 0.25) is 0 Å². The smallest absolute Gasteiger partial charge is 0.350 e. The van der Waals surface area contributed by atoms with Gasteiger partial charge in [-0.2, -0.15) is 13.2 Å². The number of halogens is 4. The minimum Gasteiger partial charge on any atom is -0.350 e. The molecular formula is C12H9BrF3NO. The van der Waals surface area contributed by atoms with Gasteiger partial charge in [0.05, 0.1) is 5.56 Å². The molecule has 1 aromatic heterocycles. The zero-order valence-electron chi connectivity index (χ0n) is 9.60. The van der Waals surface area contributed by atoms with E-state index in [2.05, 4.69) is 15.9 Å². The number of carbonyl (C=O) groups excluding carboxylic acids is 1. The van der Waals surface area contributed by atoms with E-state index >= 15 is 0 Å². The molecule has 0 amide bonds. The molecule has 0 saturated heterocycles. The predicted octanol–water partition coefficient (Wildman–Crippen LogP) is 3.99. The van der Waals surface area contributed by atoms with Crippen LogP contribution in [0.25, 0.3) is 10.9 Å². The van der Waals surface area contributed by atoms with Crippen LogP contribution in [0.5, 0.6) is 0 Å². The van der Waals surface area contributed by atoms with Crippen LogP contribution in [0.15, 0.2) is 22.8 Å². The largest absolute Gasteiger partial charge is 0.454 e. The van der Waals surface area contributed by atoms with Gasteiger partial charge in [-0.05, 0) is 24.6 Å². The fourth-order valence-corrected chi connectivity index (χ4v) is 2.29. The lowest BCUT2D eigenvalue weighted by molar-refractivity contribution is -0.0884. The summed E-state index contributed by atoms with van der Waals surface area (Å²) in [6, 6.07) is 3.43. The molecule has 0 saturated carbocycles. The van der Waals surface area contributed by atoms with Gasteiger partial charge in [0.15, 0.2) is 0 Å². The number of ketones is 1. The van der Waals surface area contributed by atoms with E-state index in [1.54, 1.807) is 26.1 Å². The van der Waals surface area contributed by atoms with Crippen LogP contribution in [-0.4, -0.2) is 16.5 Å². The monoisotopic (exact) mass is 319 g/mol. The molecule has 0 atom stereocenters. The molecular weight excluding hydrogens is 311 g/mol. The number of benzene rings is 1. The molecule has 2 rings (SSSR count). The fourth-order valence-electron chi connectivity index (χ4n) is 1.96. The van der Waals surface area contributed by atoms with Crippen molar-refractivity contribution in [2.45, 2.75) is 13.1 Å². The number of aromatic nitrogens is 1. The Kier molecular flexibility index (Phi) is 3.01. The Hall–Kier alpha value is -1.30. The molecule has 0 radical (unpaired) electrons. The number of nitrogens with zero attached hydrogens (tertiary/aromatic N) is 1. The molecule has 0 spiro atoms. The average Bonchev–Trinajstić information content (AvgIpc) is 2.59. The quantitative estimate of drug-likeness (QED) is 0.728. The Bertz CT molecular complexity index is 643. The average molecular weight is 320 g/mol. The molecule has 0 fully saturated rings. The number of fused-ring (bicyclic) bond motifs is 1. The Morgan fingerprint density at radius 1 is 1.33 bits per heavy atom. The highest BCUT2D eigenvalue weighted by atomic mass is 79.9. The molecule has 18 heavy (non-hydrogen) atoms. The third-order valence-electron chi connectivity index (χ3n) is 2.85. The maximum absolute atomic E-state index is 12.5. The summed E-state index contributed by atoms with van der Waals surface area (Å²) in [5.74, 6) is -1.81. The Morgan fingerprint density at radius 2 is 1.94 bits per heavy atom. The zero-order chi connectivity index (χ0) is 13.7. The summed E-state index contributed by atoms with van der Waals surface area (Å²) in [5, 5.41) is 0.342. The third-order valence-corrected chi connectivity index (χ3v) is 3.71. The van der Waals surface area contributed by atoms with Crippen molar-refractivity contribution in [2.75, 3.05) is 0 Å². The van der Waals surface area contributed by atoms with Gasteiger partial charge in [-0.1, -0.05) is 15.9 Å². The summed E-state index contributed by atoms with van der Waals surface area (Å²) in [6.45, 7) is 1.68. The Balaban J connectivity index is 2.81. The molecule has 0 unspecified atom stereocenters. The van der Waals surface area contributed by atoms with Crippen molar-refractivity contribution in [3.05, 3.63) is 33.9 Å². The number of alkyl halides is 3. The predicted molar refractivity (Wildman–Crippen MR) is 65.7 cm³/mol. The van der Waals surface area contributed by atoms with Crippen LogP contribution in [0, 0.1) is 6.92 Å². The lowest BCUT2D eigenvalue weighted by Gasteiger charge is -2.06. The van der Waals surface area contributed by atoms with Gasteiger partial charge in [-0.15, -0.1) is 0 Å². The second-order valence-electron chi connectivity index (χ2n) is 4.05. The summed E-state index contributed by atoms with van der Waals surface area (Å²) in [4.78, 5) is 11.4. The van der Waals surface area contributed by atoms with Gasteiger partial charge in [-0.25, -0.2) is 0 Å². The summed E-state index contributed by atoms with van der Waals surface area (Å²) in [6.07, 6.45) is -3.64. The third kappa shape index (κ3) is 1.94. The number of hydrogen-bond acceptors (Lipinski definition) is 1. The van der Waals surface area contributed by atoms with Gasteiger partial charge in [0.1, 0.15) is 0 Å². The van der Waals surface area contributed by atoms with Crippen molar-refractivity contribution in [3.63, 3.8) is 0 Å². The number of rotatable bonds is 1. The van der Waals surface area contributed by atoms with Crippen molar-refractivity contribution < 1.29 is 18.0 Å². The summed E-state index contributed by atoms with van der Waals surface area (Å²) < 4.78 is 39.8. The first kappa shape index (κ1) is 13.1. The standard InChI is InChI=1S/C12H9BrF3NO/c1-6-8(13)3-4-9-10(6)7(5-17(9)2)11(18)12(14,15)16/h3-5H,1-2H3. The molecule has 0 bridgehead atoms. The second kappa shape index (κ2) is 4.12. The molecule has 0 aliphatic heterocycles. The van der Waals surface area contributed by atoms with Crippen LogP contribution in [0.3, 0.4) is 0 Å². The van der Waals surface area contributed by atoms with Gasteiger partial charge in [0.2, 0.25) is 0 Å². The van der Waals surface area contributed by atoms with Gasteiger partial charge in [0.25, 0.3) is 5.78 Å². The molecule has 2 nitrogen and oxygen atoms in total. The number of hydrogen-bond donors (Lipinski definition) is 0. The van der Waals surface area contributed by atoms with E-state index in [4.69, 9.17) is 0 Å². The van der Waals surface area contributed by atoms with Crippen molar-refractivity contribution in [1.82, 2.24) is 4.57 Å². The SMILES string of the molecule is Cc1c(Br)ccc2c1c(C(=O)C(F)(F)F)cn2C. The molecule has 2 aromatic rings. The molecule has 1 heterocycles. The summed E-state index contributed by atoms with van der Waals surface area (Å²) in [5.41, 5.74) is 0.919. The number of Topliss-reactive ketones (excluding diaryl/α,β-unsaturated/α-hetero) is 1. The van der Waals surface area contributed by atoms with Crippen LogP contribution in [0.1, 0.15) is 15.9 Å². The van der Waals surface area contributed by atoms with E-state index in [1.807, 2.05) is 0 Å². The van der Waals surface area contributed by atoms with Crippen molar-refractivity contribution in [2.24, 2.45) is 7.05 Å². The first-order valence-corrected chi connectivity index (χ1v) is 5.88. The second-order valence-corrected chi connectivity index (χ2v) is 4.90. The molecule has 96 valence electrons. The van der Waals surface area contributed by atoms with E-state index in [0.717, 1.165) is 0 Å². The maximum Gasteiger partial charge on any atom is 0.454 e. The van der Waals surface area contributed by atoms with Crippen LogP contribution in [0.4, 0.5) is 13.2 Å². The summed E-state index contributed by atoms with van der Waals surface area (Å²) in [7, 11) is 1.61. The molecule has 6 heteroatoms. The molecule has 0 aliphatic rings. The minimum absolute atomic E-state index is 0.307. The van der Waals surface area contributed by atoms with Crippen molar-refractivity contribution in [3.8, 4) is 0 Å². The normalized spacial score (nSPS) is 12.1. The molecule has 0 aliphatic carbocycles. The van der Waals surface area contributed by atoms with Crippen LogP contribution in [-0.2, 0) is 7.05 Å². The van der Waals surface area contributed by atoms with Crippen LogP contribution >= 0.6 is 15.9 Å². The fraction of sp³-hybridized carbons (Fsp3) is 0.250. The van der Waals surface area contributed by atoms with E-state index in [1.165, 1.54) is 10.8 Å². The van der Waals surface area contributed by atoms with Crippen LogP contribution < -0.4 is 0 Å². The van der Waals surface area contributed by atoms with Gasteiger partial charge < -0.3 is 4.57 Å². The first-order valence-electron chi connectivity index (χ1n) is 5.09. The van der Waals surface area contributed by atoms with Crippen molar-refractivity contribution >= 4 is 32.6 Å². The van der Waals surface area contributed by atoms with Gasteiger partial charge >= 0.3 is 6.18 Å². The van der Waals surface area contributed by atoms with Gasteiger partial charge in [0, 0.05) is 28.6 Å². The topological polar surface area (TPSA) is 22.0 Å². The van der Waals surface area contributed by atoms with Crippen molar-refractivity contribution in [1.29, 1.82) is 0 Å². The highest BCUT2D eigenvalue weighted by Crippen LogP contribution is 2.33. The van der Waals surface area contributed by atoms with E-state index in [-0.39, 0.29) is 5.56 Å². The number of aryl methyl sites for hydroxylation is 2. The number of carbonyl (C=O) groups is 1. The molecule has 0 N–H and O–H groups in total. The zero-order valence-corrected chi connectivity index (χ0v) is 11.2. The van der Waals surface area contributed by atoms with E-state index in [0.29, 0.717) is 20.9 Å². The highest BCUT2D eigenvalue weighted by Gasteiger charge is 2.41. The lowest BCUT2D eigenvalue weighted by Crippen LogP contribution is -2.22. The Labute approximate surface area is 110 Å². The van der Waals surface area contributed by atoms with Gasteiger partial charge in [-0.3, -0.25) is 4.79 Å². The Morgan fingerprint density at radius 3 is 2.50 bits per heavy atom. The minimum atomic E-state index is -4.86. The molecule has 1 aromatic carbocycles. The lowest BCUT2D eigenvalue weighted by atomic mass is 10.0. The maximum atomic E-state index is 12.5. The van der Waals surface area contributed by atoms with E-state index < -0.39 is 12.0 Å². The van der Waals surface area contributed by atoms with E-state index in [9.17, 15) is 18.0 Å².